The fraction of sp³-hybridized carbons (Fsp3) is 0.391. The third-order valence-corrected chi connectivity index (χ3v) is 5.98. The minimum Gasteiger partial charge on any atom is -0.496 e. The molecule has 3 heterocycles. The summed E-state index contributed by atoms with van der Waals surface area (Å²) in [6.45, 7) is 2.57. The molecule has 1 saturated carbocycles. The molecule has 31 heavy (non-hydrogen) atoms. The van der Waals surface area contributed by atoms with E-state index in [2.05, 4.69) is 19.9 Å². The normalized spacial score (nSPS) is 16.8. The van der Waals surface area contributed by atoms with Crippen molar-refractivity contribution in [2.45, 2.75) is 25.4 Å². The molecule has 2 fully saturated rings. The second-order valence-corrected chi connectivity index (χ2v) is 7.89. The number of hydrogen-bond donors (Lipinski definition) is 0. The topological polar surface area (TPSA) is 80.7 Å². The van der Waals surface area contributed by atoms with E-state index in [4.69, 9.17) is 9.47 Å². The Morgan fingerprint density at radius 2 is 1.87 bits per heavy atom. The molecule has 0 radical (unpaired) electrons. The summed E-state index contributed by atoms with van der Waals surface area (Å²) in [7, 11) is 1.61. The zero-order valence-corrected chi connectivity index (χ0v) is 17.5. The zero-order valence-electron chi connectivity index (χ0n) is 17.5. The van der Waals surface area contributed by atoms with Gasteiger partial charge in [0.1, 0.15) is 29.7 Å². The lowest BCUT2D eigenvalue weighted by Gasteiger charge is -2.35. The van der Waals surface area contributed by atoms with Crippen LogP contribution in [0.5, 0.6) is 11.6 Å². The number of nitrogens with zero attached hydrogens (tertiary/aromatic N) is 5. The molecular weight excluding hydrogens is 394 g/mol. The van der Waals surface area contributed by atoms with Crippen molar-refractivity contribution in [2.24, 2.45) is 0 Å². The Kier molecular flexibility index (Phi) is 5.28. The van der Waals surface area contributed by atoms with Gasteiger partial charge >= 0.3 is 0 Å². The van der Waals surface area contributed by atoms with Crippen LogP contribution in [0.3, 0.4) is 0 Å². The Bertz CT molecular complexity index is 1090. The molecule has 160 valence electrons. The maximum Gasteiger partial charge on any atom is 0.272 e. The molecule has 0 atom stereocenters. The third-order valence-electron chi connectivity index (χ3n) is 5.98. The number of benzene rings is 1. The zero-order chi connectivity index (χ0) is 21.2. The van der Waals surface area contributed by atoms with Crippen LogP contribution >= 0.6 is 0 Å². The molecule has 1 aliphatic carbocycles. The first kappa shape index (κ1) is 19.5. The number of ether oxygens (including phenoxy) is 2. The number of anilines is 1. The molecule has 0 spiro atoms. The maximum absolute atomic E-state index is 13.1. The molecule has 1 saturated heterocycles. The van der Waals surface area contributed by atoms with Gasteiger partial charge in [0, 0.05) is 43.7 Å². The number of para-hydroxylation sites is 1. The van der Waals surface area contributed by atoms with Crippen molar-refractivity contribution in [3.05, 3.63) is 48.4 Å². The van der Waals surface area contributed by atoms with E-state index >= 15 is 0 Å². The molecule has 2 aromatic heterocycles. The van der Waals surface area contributed by atoms with Gasteiger partial charge in [-0.2, -0.15) is 0 Å². The van der Waals surface area contributed by atoms with Crippen LogP contribution < -0.4 is 14.4 Å². The molecule has 8 nitrogen and oxygen atoms in total. The molecule has 5 rings (SSSR count). The second kappa shape index (κ2) is 8.37. The van der Waals surface area contributed by atoms with Crippen LogP contribution in [0.1, 0.15) is 29.8 Å². The van der Waals surface area contributed by atoms with E-state index in [1.165, 1.54) is 6.42 Å². The number of carbonyl (C=O) groups excluding carboxylic acids is 1. The van der Waals surface area contributed by atoms with E-state index in [0.717, 1.165) is 29.6 Å². The highest BCUT2D eigenvalue weighted by Gasteiger charge is 2.25. The van der Waals surface area contributed by atoms with Crippen molar-refractivity contribution in [2.75, 3.05) is 38.2 Å². The Balaban J connectivity index is 1.27. The van der Waals surface area contributed by atoms with E-state index in [1.54, 1.807) is 19.5 Å². The summed E-state index contributed by atoms with van der Waals surface area (Å²) in [6, 6.07) is 11.3. The van der Waals surface area contributed by atoms with Gasteiger partial charge in [-0.05, 0) is 31.4 Å². The summed E-state index contributed by atoms with van der Waals surface area (Å²) < 4.78 is 11.4. The quantitative estimate of drug-likeness (QED) is 0.629. The van der Waals surface area contributed by atoms with Gasteiger partial charge in [-0.3, -0.25) is 4.79 Å². The molecule has 3 aromatic rings. The van der Waals surface area contributed by atoms with Gasteiger partial charge in [-0.1, -0.05) is 12.1 Å². The highest BCUT2D eigenvalue weighted by atomic mass is 16.5. The van der Waals surface area contributed by atoms with Gasteiger partial charge < -0.3 is 19.3 Å². The average molecular weight is 419 g/mol. The molecule has 1 aromatic carbocycles. The van der Waals surface area contributed by atoms with Crippen LogP contribution in [-0.4, -0.2) is 65.2 Å². The predicted octanol–water partition coefficient (Wildman–Crippen LogP) is 2.93. The highest BCUT2D eigenvalue weighted by molar-refractivity contribution is 5.97. The van der Waals surface area contributed by atoms with Crippen molar-refractivity contribution in [1.82, 2.24) is 19.9 Å². The number of methoxy groups -OCH3 is 1. The number of pyridine rings is 1. The first-order valence-electron chi connectivity index (χ1n) is 10.7. The van der Waals surface area contributed by atoms with E-state index in [1.807, 2.05) is 35.2 Å². The van der Waals surface area contributed by atoms with E-state index in [9.17, 15) is 4.79 Å². The second-order valence-electron chi connectivity index (χ2n) is 7.89. The summed E-state index contributed by atoms with van der Waals surface area (Å²) in [6.07, 6.45) is 5.23. The SMILES string of the molecule is COc1cc(C(=O)N2CCN(c3cc(OC4CCC4)ncn3)CC2)nc2ccccc12. The third kappa shape index (κ3) is 3.97. The van der Waals surface area contributed by atoms with Crippen LogP contribution in [-0.2, 0) is 0 Å². The molecule has 0 unspecified atom stereocenters. The van der Waals surface area contributed by atoms with E-state index in [-0.39, 0.29) is 12.0 Å². The lowest BCUT2D eigenvalue weighted by atomic mass is 9.96. The van der Waals surface area contributed by atoms with Crippen molar-refractivity contribution in [3.63, 3.8) is 0 Å². The number of carbonyl (C=O) groups is 1. The number of fused-ring (bicyclic) bond motifs is 1. The number of piperazine rings is 1. The average Bonchev–Trinajstić information content (AvgIpc) is 2.80. The van der Waals surface area contributed by atoms with Crippen LogP contribution in [0.4, 0.5) is 5.82 Å². The van der Waals surface area contributed by atoms with Crippen LogP contribution in [0, 0.1) is 0 Å². The minimum absolute atomic E-state index is 0.0830. The largest absolute Gasteiger partial charge is 0.496 e. The van der Waals surface area contributed by atoms with Gasteiger partial charge in [0.2, 0.25) is 5.88 Å². The lowest BCUT2D eigenvalue weighted by Crippen LogP contribution is -2.49. The summed E-state index contributed by atoms with van der Waals surface area (Å²) in [5, 5.41) is 0.898. The van der Waals surface area contributed by atoms with Crippen LogP contribution in [0.2, 0.25) is 0 Å². The number of hydrogen-bond acceptors (Lipinski definition) is 7. The number of rotatable bonds is 5. The Morgan fingerprint density at radius 1 is 1.06 bits per heavy atom. The molecule has 1 aliphatic heterocycles. The van der Waals surface area contributed by atoms with E-state index in [0.29, 0.717) is 43.5 Å². The molecular formula is C23H25N5O3. The van der Waals surface area contributed by atoms with Crippen molar-refractivity contribution >= 4 is 22.6 Å². The molecule has 1 amide bonds. The molecule has 0 bridgehead atoms. The Hall–Kier alpha value is -3.42. The standard InChI is InChI=1S/C23H25N5O3/c1-30-20-13-19(26-18-8-3-2-7-17(18)20)23(29)28-11-9-27(10-12-28)21-14-22(25-15-24-21)31-16-5-4-6-16/h2-3,7-8,13-16H,4-6,9-12H2,1H3. The fourth-order valence-corrected chi connectivity index (χ4v) is 3.95. The number of amides is 1. The van der Waals surface area contributed by atoms with Gasteiger partial charge in [0.15, 0.2) is 0 Å². The Morgan fingerprint density at radius 3 is 2.61 bits per heavy atom. The molecule has 2 aliphatic rings. The summed E-state index contributed by atoms with van der Waals surface area (Å²) in [5.74, 6) is 2.04. The highest BCUT2D eigenvalue weighted by Crippen LogP contribution is 2.27. The minimum atomic E-state index is -0.0830. The van der Waals surface area contributed by atoms with Crippen molar-refractivity contribution < 1.29 is 14.3 Å². The first-order valence-corrected chi connectivity index (χ1v) is 10.7. The Labute approximate surface area is 180 Å². The van der Waals surface area contributed by atoms with Gasteiger partial charge in [0.05, 0.1) is 12.6 Å². The van der Waals surface area contributed by atoms with Gasteiger partial charge in [-0.25, -0.2) is 15.0 Å². The molecule has 8 heteroatoms. The lowest BCUT2D eigenvalue weighted by molar-refractivity contribution is 0.0740. The summed E-state index contributed by atoms with van der Waals surface area (Å²) in [4.78, 5) is 30.3. The van der Waals surface area contributed by atoms with Crippen molar-refractivity contribution in [1.29, 1.82) is 0 Å². The maximum atomic E-state index is 13.1. The summed E-state index contributed by atoms with van der Waals surface area (Å²) in [5.41, 5.74) is 1.16. The number of aromatic nitrogens is 3. The smallest absolute Gasteiger partial charge is 0.272 e. The van der Waals surface area contributed by atoms with Crippen LogP contribution in [0.25, 0.3) is 10.9 Å². The van der Waals surface area contributed by atoms with Crippen molar-refractivity contribution in [3.8, 4) is 11.6 Å². The monoisotopic (exact) mass is 419 g/mol. The van der Waals surface area contributed by atoms with Crippen LogP contribution in [0.15, 0.2) is 42.7 Å². The molecule has 0 N–H and O–H groups in total. The van der Waals surface area contributed by atoms with Gasteiger partial charge in [-0.15, -0.1) is 0 Å². The summed E-state index contributed by atoms with van der Waals surface area (Å²) >= 11 is 0. The van der Waals surface area contributed by atoms with Gasteiger partial charge in [0.25, 0.3) is 5.91 Å². The first-order chi connectivity index (χ1) is 15.2. The predicted molar refractivity (Wildman–Crippen MR) is 117 cm³/mol. The fourth-order valence-electron chi connectivity index (χ4n) is 3.95. The van der Waals surface area contributed by atoms with E-state index < -0.39 is 0 Å².